The molecule has 2 aromatic rings. The fraction of sp³-hybridized carbons (Fsp3) is 0.312. The molecule has 0 saturated heterocycles. The maximum atomic E-state index is 13.3. The molecule has 0 fully saturated rings. The van der Waals surface area contributed by atoms with Crippen LogP contribution in [0.25, 0.3) is 11.3 Å². The van der Waals surface area contributed by atoms with Crippen LogP contribution in [-0.2, 0) is 9.59 Å². The van der Waals surface area contributed by atoms with Gasteiger partial charge in [0.2, 0.25) is 11.8 Å². The number of aromatic nitrogens is 1. The first-order chi connectivity index (χ1) is 10.9. The standard InChI is InChI=1S/C16H18FN3O2S/c1-9(2)14(18-10(3)21)15(22)20-16-19-13(8-23-16)11-5-4-6-12(17)7-11/h4-9,14H,1-3H3,(H,18,21)(H,19,20,22). The summed E-state index contributed by atoms with van der Waals surface area (Å²) in [5.74, 6) is -0.984. The van der Waals surface area contributed by atoms with E-state index in [9.17, 15) is 14.0 Å². The number of hydrogen-bond acceptors (Lipinski definition) is 4. The average Bonchev–Trinajstić information content (AvgIpc) is 2.92. The van der Waals surface area contributed by atoms with Gasteiger partial charge in [-0.3, -0.25) is 9.59 Å². The van der Waals surface area contributed by atoms with Crippen LogP contribution in [0.3, 0.4) is 0 Å². The molecule has 1 unspecified atom stereocenters. The highest BCUT2D eigenvalue weighted by molar-refractivity contribution is 7.14. The van der Waals surface area contributed by atoms with Crippen LogP contribution in [0.5, 0.6) is 0 Å². The molecule has 2 amide bonds. The number of nitrogens with zero attached hydrogens (tertiary/aromatic N) is 1. The summed E-state index contributed by atoms with van der Waals surface area (Å²) in [5, 5.41) is 7.47. The van der Waals surface area contributed by atoms with Crippen molar-refractivity contribution in [2.75, 3.05) is 5.32 Å². The lowest BCUT2D eigenvalue weighted by atomic mass is 10.0. The summed E-state index contributed by atoms with van der Waals surface area (Å²) in [6, 6.07) is 5.47. The summed E-state index contributed by atoms with van der Waals surface area (Å²) in [4.78, 5) is 27.8. The normalized spacial score (nSPS) is 12.0. The van der Waals surface area contributed by atoms with E-state index in [2.05, 4.69) is 15.6 Å². The second-order valence-corrected chi connectivity index (χ2v) is 6.32. The number of amides is 2. The zero-order chi connectivity index (χ0) is 17.0. The number of halogens is 1. The average molecular weight is 335 g/mol. The van der Waals surface area contributed by atoms with Crippen LogP contribution < -0.4 is 10.6 Å². The molecule has 2 N–H and O–H groups in total. The van der Waals surface area contributed by atoms with Gasteiger partial charge in [0, 0.05) is 17.9 Å². The molecule has 0 saturated carbocycles. The van der Waals surface area contributed by atoms with Gasteiger partial charge in [-0.25, -0.2) is 9.37 Å². The molecule has 0 aliphatic carbocycles. The summed E-state index contributed by atoms with van der Waals surface area (Å²) in [6.07, 6.45) is 0. The Labute approximate surface area is 137 Å². The fourth-order valence-electron chi connectivity index (χ4n) is 2.05. The minimum absolute atomic E-state index is 0.0541. The lowest BCUT2D eigenvalue weighted by Gasteiger charge is -2.20. The number of thiazole rings is 1. The van der Waals surface area contributed by atoms with Gasteiger partial charge >= 0.3 is 0 Å². The number of hydrogen-bond donors (Lipinski definition) is 2. The first kappa shape index (κ1) is 17.1. The number of nitrogens with one attached hydrogen (secondary N) is 2. The van der Waals surface area contributed by atoms with E-state index in [1.807, 2.05) is 13.8 Å². The molecule has 122 valence electrons. The molecule has 5 nitrogen and oxygen atoms in total. The maximum Gasteiger partial charge on any atom is 0.248 e. The van der Waals surface area contributed by atoms with Gasteiger partial charge in [-0.15, -0.1) is 11.3 Å². The molecule has 0 radical (unpaired) electrons. The molecule has 1 aromatic heterocycles. The van der Waals surface area contributed by atoms with Crippen molar-refractivity contribution >= 4 is 28.3 Å². The Morgan fingerprint density at radius 2 is 2.04 bits per heavy atom. The summed E-state index contributed by atoms with van der Waals surface area (Å²) >= 11 is 1.25. The lowest BCUT2D eigenvalue weighted by molar-refractivity contribution is -0.126. The second-order valence-electron chi connectivity index (χ2n) is 5.46. The second kappa shape index (κ2) is 7.32. The molecule has 1 aromatic carbocycles. The molecule has 2 rings (SSSR count). The Kier molecular flexibility index (Phi) is 5.44. The molecule has 0 bridgehead atoms. The first-order valence-corrected chi connectivity index (χ1v) is 8.04. The molecule has 0 aliphatic heterocycles. The number of benzene rings is 1. The molecule has 7 heteroatoms. The third-order valence-corrected chi connectivity index (χ3v) is 3.92. The largest absolute Gasteiger partial charge is 0.344 e. The molecule has 1 heterocycles. The van der Waals surface area contributed by atoms with Crippen molar-refractivity contribution in [1.82, 2.24) is 10.3 Å². The van der Waals surface area contributed by atoms with Crippen molar-refractivity contribution in [2.45, 2.75) is 26.8 Å². The Morgan fingerprint density at radius 3 is 2.65 bits per heavy atom. The predicted octanol–water partition coefficient (Wildman–Crippen LogP) is 3.05. The first-order valence-electron chi connectivity index (χ1n) is 7.16. The van der Waals surface area contributed by atoms with Gasteiger partial charge in [-0.05, 0) is 18.1 Å². The maximum absolute atomic E-state index is 13.3. The van der Waals surface area contributed by atoms with Crippen molar-refractivity contribution in [3.05, 3.63) is 35.5 Å². The third-order valence-electron chi connectivity index (χ3n) is 3.16. The van der Waals surface area contributed by atoms with Crippen molar-refractivity contribution in [3.8, 4) is 11.3 Å². The van der Waals surface area contributed by atoms with E-state index in [4.69, 9.17) is 0 Å². The van der Waals surface area contributed by atoms with E-state index in [-0.39, 0.29) is 23.5 Å². The summed E-state index contributed by atoms with van der Waals surface area (Å²) in [7, 11) is 0. The Bertz CT molecular complexity index is 715. The van der Waals surface area contributed by atoms with E-state index < -0.39 is 6.04 Å². The van der Waals surface area contributed by atoms with Crippen LogP contribution >= 0.6 is 11.3 Å². The quantitative estimate of drug-likeness (QED) is 0.882. The molecule has 23 heavy (non-hydrogen) atoms. The van der Waals surface area contributed by atoms with Gasteiger partial charge in [0.1, 0.15) is 11.9 Å². The Balaban J connectivity index is 2.11. The van der Waals surface area contributed by atoms with Crippen molar-refractivity contribution in [3.63, 3.8) is 0 Å². The topological polar surface area (TPSA) is 71.1 Å². The number of anilines is 1. The van der Waals surface area contributed by atoms with Crippen LogP contribution in [0.4, 0.5) is 9.52 Å². The van der Waals surface area contributed by atoms with E-state index in [1.54, 1.807) is 17.5 Å². The van der Waals surface area contributed by atoms with Crippen LogP contribution in [-0.4, -0.2) is 22.8 Å². The van der Waals surface area contributed by atoms with Gasteiger partial charge in [-0.2, -0.15) is 0 Å². The molecule has 1 atom stereocenters. The van der Waals surface area contributed by atoms with Crippen molar-refractivity contribution in [2.24, 2.45) is 5.92 Å². The number of rotatable bonds is 5. The highest BCUT2D eigenvalue weighted by Crippen LogP contribution is 2.25. The molecule has 0 aliphatic rings. The van der Waals surface area contributed by atoms with Crippen LogP contribution in [0.2, 0.25) is 0 Å². The van der Waals surface area contributed by atoms with E-state index in [0.717, 1.165) is 0 Å². The van der Waals surface area contributed by atoms with Gasteiger partial charge in [0.25, 0.3) is 0 Å². The van der Waals surface area contributed by atoms with Gasteiger partial charge in [0.05, 0.1) is 5.69 Å². The molecular formula is C16H18FN3O2S. The Hall–Kier alpha value is -2.28. The highest BCUT2D eigenvalue weighted by atomic mass is 32.1. The minimum atomic E-state index is -0.631. The van der Waals surface area contributed by atoms with Crippen LogP contribution in [0.1, 0.15) is 20.8 Å². The third kappa shape index (κ3) is 4.59. The van der Waals surface area contributed by atoms with Crippen molar-refractivity contribution < 1.29 is 14.0 Å². The van der Waals surface area contributed by atoms with Crippen LogP contribution in [0, 0.1) is 11.7 Å². The van der Waals surface area contributed by atoms with Crippen LogP contribution in [0.15, 0.2) is 29.6 Å². The smallest absolute Gasteiger partial charge is 0.248 e. The molecule has 0 spiro atoms. The van der Waals surface area contributed by atoms with Gasteiger partial charge in [-0.1, -0.05) is 26.0 Å². The summed E-state index contributed by atoms with van der Waals surface area (Å²) in [6.45, 7) is 5.06. The predicted molar refractivity (Wildman–Crippen MR) is 88.6 cm³/mol. The summed E-state index contributed by atoms with van der Waals surface area (Å²) in [5.41, 5.74) is 1.23. The lowest BCUT2D eigenvalue weighted by Crippen LogP contribution is -2.46. The fourth-order valence-corrected chi connectivity index (χ4v) is 2.77. The SMILES string of the molecule is CC(=O)NC(C(=O)Nc1nc(-c2cccc(F)c2)cs1)C(C)C. The zero-order valence-corrected chi connectivity index (χ0v) is 13.9. The number of carbonyl (C=O) groups excluding carboxylic acids is 2. The Morgan fingerprint density at radius 1 is 1.30 bits per heavy atom. The van der Waals surface area contributed by atoms with Gasteiger partial charge < -0.3 is 10.6 Å². The monoisotopic (exact) mass is 335 g/mol. The minimum Gasteiger partial charge on any atom is -0.344 e. The van der Waals surface area contributed by atoms with E-state index >= 15 is 0 Å². The van der Waals surface area contributed by atoms with Crippen molar-refractivity contribution in [1.29, 1.82) is 0 Å². The number of carbonyl (C=O) groups is 2. The highest BCUT2D eigenvalue weighted by Gasteiger charge is 2.23. The van der Waals surface area contributed by atoms with Gasteiger partial charge in [0.15, 0.2) is 5.13 Å². The summed E-state index contributed by atoms with van der Waals surface area (Å²) < 4.78 is 13.3. The van der Waals surface area contributed by atoms with E-state index in [0.29, 0.717) is 16.4 Å². The van der Waals surface area contributed by atoms with E-state index in [1.165, 1.54) is 30.4 Å². The zero-order valence-electron chi connectivity index (χ0n) is 13.1. The molecular weight excluding hydrogens is 317 g/mol.